The van der Waals surface area contributed by atoms with Gasteiger partial charge in [0.05, 0.1) is 16.5 Å². The number of aryl methyl sites for hydroxylation is 1. The molecule has 0 atom stereocenters. The molecular formula is C22H18BrCl2N3O4S. The fourth-order valence-electron chi connectivity index (χ4n) is 3.91. The molecular weight excluding hydrogens is 553 g/mol. The zero-order chi connectivity index (χ0) is 23.9. The first kappa shape index (κ1) is 24.1. The Bertz CT molecular complexity index is 1380. The Labute approximate surface area is 209 Å². The Morgan fingerprint density at radius 3 is 2.58 bits per heavy atom. The van der Waals surface area contributed by atoms with E-state index in [-0.39, 0.29) is 47.5 Å². The molecule has 0 N–H and O–H groups in total. The van der Waals surface area contributed by atoms with Gasteiger partial charge in [0.2, 0.25) is 0 Å². The number of rotatable bonds is 7. The Morgan fingerprint density at radius 2 is 1.91 bits per heavy atom. The van der Waals surface area contributed by atoms with Crippen molar-refractivity contribution in [3.8, 4) is 5.82 Å². The zero-order valence-corrected chi connectivity index (χ0v) is 21.3. The van der Waals surface area contributed by atoms with Gasteiger partial charge in [-0.05, 0) is 64.2 Å². The molecule has 0 saturated carbocycles. The molecule has 33 heavy (non-hydrogen) atoms. The van der Waals surface area contributed by atoms with Crippen LogP contribution in [-0.4, -0.2) is 46.3 Å². The Morgan fingerprint density at radius 1 is 1.18 bits per heavy atom. The lowest BCUT2D eigenvalue weighted by Crippen LogP contribution is -2.37. The van der Waals surface area contributed by atoms with Crippen LogP contribution >= 0.6 is 39.1 Å². The second-order valence-electron chi connectivity index (χ2n) is 7.99. The fraction of sp³-hybridized carbons (Fsp3) is 0.273. The molecule has 1 aliphatic heterocycles. The quantitative estimate of drug-likeness (QED) is 0.382. The van der Waals surface area contributed by atoms with Crippen LogP contribution in [-0.2, 0) is 16.3 Å². The van der Waals surface area contributed by atoms with E-state index in [1.807, 2.05) is 0 Å². The number of sulfone groups is 1. The van der Waals surface area contributed by atoms with Crippen LogP contribution in [0.4, 0.5) is 0 Å². The van der Waals surface area contributed by atoms with Crippen LogP contribution in [0.2, 0.25) is 10.0 Å². The third kappa shape index (κ3) is 5.21. The lowest BCUT2D eigenvalue weighted by atomic mass is 9.91. The third-order valence-corrected chi connectivity index (χ3v) is 8.29. The van der Waals surface area contributed by atoms with Gasteiger partial charge >= 0.3 is 0 Å². The zero-order valence-electron chi connectivity index (χ0n) is 17.4. The van der Waals surface area contributed by atoms with Crippen LogP contribution in [0.25, 0.3) is 5.82 Å². The summed E-state index contributed by atoms with van der Waals surface area (Å²) in [5.41, 5.74) is 1.83. The Kier molecular flexibility index (Phi) is 6.77. The van der Waals surface area contributed by atoms with E-state index >= 15 is 0 Å². The van der Waals surface area contributed by atoms with Crippen molar-refractivity contribution < 1.29 is 18.0 Å². The van der Waals surface area contributed by atoms with E-state index in [2.05, 4.69) is 26.0 Å². The van der Waals surface area contributed by atoms with E-state index in [0.717, 1.165) is 0 Å². The van der Waals surface area contributed by atoms with Gasteiger partial charge in [0, 0.05) is 35.7 Å². The Hall–Kier alpha value is -2.07. The number of benzene rings is 1. The summed E-state index contributed by atoms with van der Waals surface area (Å²) in [5.74, 6) is -0.418. The molecule has 1 aliphatic rings. The maximum Gasteiger partial charge on any atom is 0.185 e. The molecule has 3 heterocycles. The summed E-state index contributed by atoms with van der Waals surface area (Å²) in [5, 5.41) is 5.00. The van der Waals surface area contributed by atoms with Crippen LogP contribution < -0.4 is 0 Å². The molecule has 0 amide bonds. The number of ketones is 2. The number of carbonyl (C=O) groups excluding carboxylic acids is 2. The largest absolute Gasteiger partial charge is 0.294 e. The summed E-state index contributed by atoms with van der Waals surface area (Å²) in [6.07, 6.45) is 1.56. The molecule has 0 spiro atoms. The summed E-state index contributed by atoms with van der Waals surface area (Å²) in [6.45, 7) is 1.78. The monoisotopic (exact) mass is 569 g/mol. The maximum absolute atomic E-state index is 13.3. The minimum Gasteiger partial charge on any atom is -0.294 e. The smallest absolute Gasteiger partial charge is 0.185 e. The van der Waals surface area contributed by atoms with Crippen molar-refractivity contribution in [2.45, 2.75) is 19.8 Å². The normalized spacial score (nSPS) is 15.3. The highest BCUT2D eigenvalue weighted by atomic mass is 79.9. The number of halogens is 3. The number of hydrogen-bond donors (Lipinski definition) is 0. The highest BCUT2D eigenvalue weighted by molar-refractivity contribution is 9.10. The second-order valence-corrected chi connectivity index (χ2v) is 11.8. The van der Waals surface area contributed by atoms with Gasteiger partial charge in [-0.25, -0.2) is 18.1 Å². The molecule has 0 bridgehead atoms. The second kappa shape index (κ2) is 9.29. The van der Waals surface area contributed by atoms with Gasteiger partial charge < -0.3 is 0 Å². The first-order valence-electron chi connectivity index (χ1n) is 9.96. The molecule has 11 heteroatoms. The first-order valence-corrected chi connectivity index (χ1v) is 13.3. The van der Waals surface area contributed by atoms with Gasteiger partial charge in [-0.15, -0.1) is 0 Å². The van der Waals surface area contributed by atoms with E-state index in [4.69, 9.17) is 23.2 Å². The van der Waals surface area contributed by atoms with Gasteiger partial charge in [-0.2, -0.15) is 5.10 Å². The average Bonchev–Trinajstić information content (AvgIpc) is 3.10. The van der Waals surface area contributed by atoms with Gasteiger partial charge in [-0.3, -0.25) is 9.59 Å². The minimum atomic E-state index is -3.04. The number of aromatic nitrogens is 3. The van der Waals surface area contributed by atoms with Crippen molar-refractivity contribution in [2.75, 3.05) is 11.5 Å². The topological polar surface area (TPSA) is 99.0 Å². The van der Waals surface area contributed by atoms with Crippen molar-refractivity contribution in [2.24, 2.45) is 5.92 Å². The van der Waals surface area contributed by atoms with Crippen LogP contribution in [0.1, 0.15) is 38.4 Å². The minimum absolute atomic E-state index is 0.00456. The van der Waals surface area contributed by atoms with E-state index in [0.29, 0.717) is 37.2 Å². The van der Waals surface area contributed by atoms with Crippen molar-refractivity contribution in [1.82, 2.24) is 14.8 Å². The molecule has 4 rings (SSSR count). The number of carbonyl (C=O) groups is 2. The molecule has 1 aromatic carbocycles. The summed E-state index contributed by atoms with van der Waals surface area (Å²) in [4.78, 5) is 30.6. The lowest BCUT2D eigenvalue weighted by molar-refractivity contribution is 0.0965. The molecule has 1 fully saturated rings. The van der Waals surface area contributed by atoms with E-state index in [9.17, 15) is 18.0 Å². The summed E-state index contributed by atoms with van der Waals surface area (Å²) in [7, 11) is -3.04. The predicted octanol–water partition coefficient (Wildman–Crippen LogP) is 4.69. The van der Waals surface area contributed by atoms with Crippen molar-refractivity contribution in [1.29, 1.82) is 0 Å². The fourth-order valence-corrected chi connectivity index (χ4v) is 6.34. The molecule has 0 aliphatic carbocycles. The Balaban J connectivity index is 1.66. The number of pyridine rings is 1. The highest BCUT2D eigenvalue weighted by Gasteiger charge is 2.35. The highest BCUT2D eigenvalue weighted by Crippen LogP contribution is 2.29. The summed E-state index contributed by atoms with van der Waals surface area (Å²) < 4.78 is 24.7. The van der Waals surface area contributed by atoms with Gasteiger partial charge in [-0.1, -0.05) is 23.2 Å². The van der Waals surface area contributed by atoms with Crippen LogP contribution in [0, 0.1) is 12.8 Å². The number of hydrogen-bond acceptors (Lipinski definition) is 6. The lowest BCUT2D eigenvalue weighted by Gasteiger charge is -2.25. The predicted molar refractivity (Wildman–Crippen MR) is 129 cm³/mol. The van der Waals surface area contributed by atoms with Crippen LogP contribution in [0.3, 0.4) is 0 Å². The summed E-state index contributed by atoms with van der Waals surface area (Å²) >= 11 is 15.7. The standard InChI is InChI=1S/C22H18BrCl2N3O4S/c1-12-5-14(24)7-16(19(29)6-13-10-33(31,32)11-13)15(12)8-20(30)18-9-21(23)27-28(18)22-17(25)3-2-4-26-22/h2-5,7,9,13H,6,8,10-11H2,1H3. The van der Waals surface area contributed by atoms with Gasteiger partial charge in [0.1, 0.15) is 10.3 Å². The van der Waals surface area contributed by atoms with Gasteiger partial charge in [0.25, 0.3) is 0 Å². The molecule has 1 saturated heterocycles. The molecule has 0 radical (unpaired) electrons. The van der Waals surface area contributed by atoms with E-state index in [1.165, 1.54) is 10.7 Å². The van der Waals surface area contributed by atoms with E-state index < -0.39 is 9.84 Å². The molecule has 0 unspecified atom stereocenters. The number of Topliss-reactive ketones (excluding diaryl/α,β-unsaturated/α-hetero) is 2. The third-order valence-electron chi connectivity index (χ3n) is 5.43. The maximum atomic E-state index is 13.3. The SMILES string of the molecule is Cc1cc(Cl)cc(C(=O)CC2CS(=O)(=O)C2)c1CC(=O)c1cc(Br)nn1-c1ncccc1Cl. The van der Waals surface area contributed by atoms with Crippen molar-refractivity contribution in [3.05, 3.63) is 73.6 Å². The first-order chi connectivity index (χ1) is 15.5. The van der Waals surface area contributed by atoms with Crippen molar-refractivity contribution >= 4 is 60.5 Å². The average molecular weight is 571 g/mol. The molecule has 7 nitrogen and oxygen atoms in total. The molecule has 3 aromatic rings. The van der Waals surface area contributed by atoms with Crippen LogP contribution in [0.15, 0.2) is 41.1 Å². The molecule has 2 aromatic heterocycles. The van der Waals surface area contributed by atoms with Crippen LogP contribution in [0.5, 0.6) is 0 Å². The summed E-state index contributed by atoms with van der Waals surface area (Å²) in [6, 6.07) is 8.12. The van der Waals surface area contributed by atoms with E-state index in [1.54, 1.807) is 37.4 Å². The van der Waals surface area contributed by atoms with Crippen molar-refractivity contribution in [3.63, 3.8) is 0 Å². The molecule has 172 valence electrons. The number of nitrogens with zero attached hydrogens (tertiary/aromatic N) is 3. The van der Waals surface area contributed by atoms with Gasteiger partial charge in [0.15, 0.2) is 27.2 Å².